The fourth-order valence-corrected chi connectivity index (χ4v) is 5.15. The monoisotopic (exact) mass is 499 g/mol. The highest BCUT2D eigenvalue weighted by Gasteiger charge is 2.24. The molecule has 2 aliphatic heterocycles. The Balaban J connectivity index is 1.56. The summed E-state index contributed by atoms with van der Waals surface area (Å²) in [6.45, 7) is 14.1. The summed E-state index contributed by atoms with van der Waals surface area (Å²) >= 11 is 6.83. The molecule has 0 atom stereocenters. The molecule has 2 aromatic rings. The minimum atomic E-state index is -0.533. The van der Waals surface area contributed by atoms with Crippen molar-refractivity contribution < 1.29 is 13.9 Å². The van der Waals surface area contributed by atoms with Gasteiger partial charge in [-0.05, 0) is 102 Å². The van der Waals surface area contributed by atoms with Crippen LogP contribution in [0, 0.1) is 0 Å². The van der Waals surface area contributed by atoms with Gasteiger partial charge in [0.2, 0.25) is 5.89 Å². The molecule has 0 saturated carbocycles. The van der Waals surface area contributed by atoms with Crippen molar-refractivity contribution in [3.8, 4) is 11.5 Å². The van der Waals surface area contributed by atoms with Crippen molar-refractivity contribution in [2.45, 2.75) is 77.9 Å². The van der Waals surface area contributed by atoms with Gasteiger partial charge in [-0.3, -0.25) is 4.90 Å². The molecule has 6 nitrogen and oxygen atoms in total. The van der Waals surface area contributed by atoms with Crippen LogP contribution in [0.25, 0.3) is 11.5 Å². The number of aromatic nitrogens is 1. The first-order chi connectivity index (χ1) is 16.7. The van der Waals surface area contributed by atoms with Gasteiger partial charge in [0.05, 0.1) is 5.69 Å². The number of hydrogen-bond acceptors (Lipinski definition) is 5. The van der Waals surface area contributed by atoms with Gasteiger partial charge < -0.3 is 14.1 Å². The Labute approximate surface area is 214 Å². The van der Waals surface area contributed by atoms with Crippen molar-refractivity contribution in [3.63, 3.8) is 0 Å². The molecule has 3 heterocycles. The molecule has 1 amide bonds. The number of halogens is 1. The molecule has 0 bridgehead atoms. The van der Waals surface area contributed by atoms with E-state index in [1.54, 1.807) is 11.2 Å². The summed E-state index contributed by atoms with van der Waals surface area (Å²) < 4.78 is 11.5. The van der Waals surface area contributed by atoms with Gasteiger partial charge >= 0.3 is 6.09 Å². The van der Waals surface area contributed by atoms with Gasteiger partial charge in [0.15, 0.2) is 0 Å². The summed E-state index contributed by atoms with van der Waals surface area (Å²) in [5, 5.41) is 0.694. The first-order valence-electron chi connectivity index (χ1n) is 12.8. The molecule has 0 radical (unpaired) electrons. The van der Waals surface area contributed by atoms with Crippen LogP contribution in [0.15, 0.2) is 35.0 Å². The number of rotatable bonds is 3. The predicted octanol–water partition coefficient (Wildman–Crippen LogP) is 6.65. The molecular formula is C28H38ClN3O3. The number of carbonyl (C=O) groups is 1. The van der Waals surface area contributed by atoms with Gasteiger partial charge in [-0.15, -0.1) is 0 Å². The smallest absolute Gasteiger partial charge is 0.410 e. The quantitative estimate of drug-likeness (QED) is 0.442. The highest BCUT2D eigenvalue weighted by atomic mass is 35.5. The van der Waals surface area contributed by atoms with E-state index in [-0.39, 0.29) is 6.09 Å². The Bertz CT molecular complexity index is 1050. The second kappa shape index (κ2) is 11.2. The number of benzene rings is 1. The van der Waals surface area contributed by atoms with E-state index in [2.05, 4.69) is 17.5 Å². The van der Waals surface area contributed by atoms with Gasteiger partial charge in [0.1, 0.15) is 11.9 Å². The van der Waals surface area contributed by atoms with Crippen LogP contribution in [0.2, 0.25) is 5.02 Å². The maximum absolute atomic E-state index is 12.8. The minimum absolute atomic E-state index is 0.288. The van der Waals surface area contributed by atoms with Crippen LogP contribution in [-0.4, -0.2) is 52.7 Å². The maximum Gasteiger partial charge on any atom is 0.410 e. The van der Waals surface area contributed by atoms with E-state index in [4.69, 9.17) is 25.7 Å². The van der Waals surface area contributed by atoms with E-state index in [0.717, 1.165) is 67.7 Å². The predicted molar refractivity (Wildman–Crippen MR) is 140 cm³/mol. The standard InChI is InChI=1S/C28H38ClN3O3/c1-20-8-7-9-21-16-22(26-30-23(19-34-26)18-31-12-5-6-13-31)17-25(29)24(21)11-15-32(14-10-20)27(33)35-28(2,3)4/h16-17,19H,1,5-15,18H2,2-4H3. The number of fused-ring (bicyclic) bond motifs is 1. The first-order valence-corrected chi connectivity index (χ1v) is 13.2. The number of hydrogen-bond donors (Lipinski definition) is 0. The van der Waals surface area contributed by atoms with Gasteiger partial charge in [-0.25, -0.2) is 9.78 Å². The normalized spacial score (nSPS) is 18.3. The molecular weight excluding hydrogens is 462 g/mol. The number of aryl methyl sites for hydroxylation is 1. The van der Waals surface area contributed by atoms with Crippen molar-refractivity contribution in [2.24, 2.45) is 0 Å². The highest BCUT2D eigenvalue weighted by Crippen LogP contribution is 2.31. The zero-order valence-electron chi connectivity index (χ0n) is 21.4. The Kier molecular flexibility index (Phi) is 8.23. The van der Waals surface area contributed by atoms with Crippen molar-refractivity contribution in [1.29, 1.82) is 0 Å². The number of oxazole rings is 1. The molecule has 0 unspecified atom stereocenters. The van der Waals surface area contributed by atoms with Crippen molar-refractivity contribution in [1.82, 2.24) is 14.8 Å². The van der Waals surface area contributed by atoms with E-state index in [9.17, 15) is 4.79 Å². The molecule has 1 aromatic carbocycles. The summed E-state index contributed by atoms with van der Waals surface area (Å²) in [6.07, 6.45) is 8.24. The zero-order chi connectivity index (χ0) is 25.0. The number of ether oxygens (including phenoxy) is 1. The van der Waals surface area contributed by atoms with E-state index in [0.29, 0.717) is 30.4 Å². The summed E-state index contributed by atoms with van der Waals surface area (Å²) in [4.78, 5) is 21.8. The molecule has 35 heavy (non-hydrogen) atoms. The topological polar surface area (TPSA) is 58.8 Å². The summed E-state index contributed by atoms with van der Waals surface area (Å²) in [5.41, 5.74) is 4.75. The van der Waals surface area contributed by atoms with Gasteiger partial charge in [0, 0.05) is 30.2 Å². The van der Waals surface area contributed by atoms with E-state index >= 15 is 0 Å². The Morgan fingerprint density at radius 1 is 1.09 bits per heavy atom. The highest BCUT2D eigenvalue weighted by molar-refractivity contribution is 6.31. The van der Waals surface area contributed by atoms with E-state index in [1.807, 2.05) is 26.8 Å². The summed E-state index contributed by atoms with van der Waals surface area (Å²) in [7, 11) is 0. The average Bonchev–Trinajstić information content (AvgIpc) is 3.45. The molecule has 1 saturated heterocycles. The largest absolute Gasteiger partial charge is 0.444 e. The van der Waals surface area contributed by atoms with Crippen molar-refractivity contribution >= 4 is 17.7 Å². The molecule has 1 fully saturated rings. The Morgan fingerprint density at radius 2 is 1.83 bits per heavy atom. The molecule has 1 aromatic heterocycles. The lowest BCUT2D eigenvalue weighted by molar-refractivity contribution is 0.0254. The molecule has 0 N–H and O–H groups in total. The van der Waals surface area contributed by atoms with Crippen LogP contribution in [0.1, 0.15) is 69.7 Å². The van der Waals surface area contributed by atoms with Gasteiger partial charge in [-0.1, -0.05) is 23.8 Å². The van der Waals surface area contributed by atoms with Crippen molar-refractivity contribution in [3.05, 3.63) is 52.4 Å². The van der Waals surface area contributed by atoms with E-state index in [1.165, 1.54) is 18.4 Å². The average molecular weight is 500 g/mol. The van der Waals surface area contributed by atoms with Crippen LogP contribution in [0.3, 0.4) is 0 Å². The third-order valence-corrected chi connectivity index (χ3v) is 7.00. The minimum Gasteiger partial charge on any atom is -0.444 e. The molecule has 7 heteroatoms. The fourth-order valence-electron chi connectivity index (χ4n) is 4.82. The fraction of sp³-hybridized carbons (Fsp3) is 0.571. The van der Waals surface area contributed by atoms with Crippen LogP contribution in [0.5, 0.6) is 0 Å². The van der Waals surface area contributed by atoms with Crippen LogP contribution in [0.4, 0.5) is 4.79 Å². The molecule has 4 rings (SSSR count). The lowest BCUT2D eigenvalue weighted by atomic mass is 9.96. The number of amides is 1. The molecule has 190 valence electrons. The first kappa shape index (κ1) is 25.8. The number of nitrogens with zero attached hydrogens (tertiary/aromatic N) is 3. The third kappa shape index (κ3) is 7.11. The maximum atomic E-state index is 12.8. The molecule has 2 aliphatic rings. The van der Waals surface area contributed by atoms with E-state index < -0.39 is 5.60 Å². The lowest BCUT2D eigenvalue weighted by Crippen LogP contribution is -2.38. The summed E-state index contributed by atoms with van der Waals surface area (Å²) in [5.74, 6) is 0.609. The number of likely N-dealkylation sites (tertiary alicyclic amines) is 1. The SMILES string of the molecule is C=C1CCCc2cc(-c3nc(CN4CCCC4)co3)cc(Cl)c2CCN(C(=O)OC(C)(C)C)CC1. The van der Waals surface area contributed by atoms with Crippen molar-refractivity contribution in [2.75, 3.05) is 26.2 Å². The lowest BCUT2D eigenvalue weighted by Gasteiger charge is -2.28. The number of carbonyl (C=O) groups excluding carboxylic acids is 1. The van der Waals surface area contributed by atoms with Crippen LogP contribution >= 0.6 is 11.6 Å². The second-order valence-electron chi connectivity index (χ2n) is 10.8. The zero-order valence-corrected chi connectivity index (χ0v) is 22.1. The van der Waals surface area contributed by atoms with Gasteiger partial charge in [-0.2, -0.15) is 0 Å². The molecule has 0 aliphatic carbocycles. The van der Waals surface area contributed by atoms with Gasteiger partial charge in [0.25, 0.3) is 0 Å². The van der Waals surface area contributed by atoms with Crippen LogP contribution in [-0.2, 0) is 24.1 Å². The molecule has 0 spiro atoms. The third-order valence-electron chi connectivity index (χ3n) is 6.67. The van der Waals surface area contributed by atoms with Crippen LogP contribution < -0.4 is 0 Å². The Hall–Kier alpha value is -2.31. The second-order valence-corrected chi connectivity index (χ2v) is 11.2. The summed E-state index contributed by atoms with van der Waals surface area (Å²) in [6, 6.07) is 4.10. The Morgan fingerprint density at radius 3 is 2.57 bits per heavy atom.